The molecule has 0 aliphatic carbocycles. The Balaban J connectivity index is 1.37. The quantitative estimate of drug-likeness (QED) is 0.511. The Labute approximate surface area is 201 Å². The highest BCUT2D eigenvalue weighted by atomic mass is 16.5. The van der Waals surface area contributed by atoms with Gasteiger partial charge in [-0.2, -0.15) is 5.26 Å². The smallest absolute Gasteiger partial charge is 0.228 e. The molecule has 1 saturated heterocycles. The minimum Gasteiger partial charge on any atom is -0.384 e. The third-order valence-electron chi connectivity index (χ3n) is 7.02. The van der Waals surface area contributed by atoms with E-state index in [0.717, 1.165) is 43.6 Å². The van der Waals surface area contributed by atoms with Crippen LogP contribution in [0.15, 0.2) is 61.1 Å². The molecule has 0 spiro atoms. The summed E-state index contributed by atoms with van der Waals surface area (Å²) < 4.78 is 7.64. The van der Waals surface area contributed by atoms with Crippen LogP contribution < -0.4 is 0 Å². The Morgan fingerprint density at radius 2 is 1.88 bits per heavy atom. The van der Waals surface area contributed by atoms with Crippen LogP contribution in [-0.2, 0) is 28.9 Å². The Kier molecular flexibility index (Phi) is 7.44. The lowest BCUT2D eigenvalue weighted by atomic mass is 9.73. The number of piperidine rings is 1. The van der Waals surface area contributed by atoms with Crippen LogP contribution in [0.4, 0.5) is 0 Å². The highest BCUT2D eigenvalue weighted by Crippen LogP contribution is 2.36. The van der Waals surface area contributed by atoms with E-state index in [1.54, 1.807) is 19.6 Å². The van der Waals surface area contributed by atoms with Crippen molar-refractivity contribution in [3.63, 3.8) is 0 Å². The topological polar surface area (TPSA) is 71.2 Å². The number of likely N-dealkylation sites (tertiary alicyclic amines) is 1. The molecule has 4 rings (SSSR count). The number of methoxy groups -OCH3 is 1. The van der Waals surface area contributed by atoms with E-state index in [-0.39, 0.29) is 11.3 Å². The molecule has 34 heavy (non-hydrogen) atoms. The number of rotatable bonds is 8. The monoisotopic (exact) mass is 456 g/mol. The first-order valence-corrected chi connectivity index (χ1v) is 11.8. The van der Waals surface area contributed by atoms with Gasteiger partial charge in [0, 0.05) is 44.0 Å². The largest absolute Gasteiger partial charge is 0.384 e. The number of carbonyl (C=O) groups is 1. The van der Waals surface area contributed by atoms with Crippen LogP contribution in [0.25, 0.3) is 0 Å². The van der Waals surface area contributed by atoms with Crippen molar-refractivity contribution in [1.29, 1.82) is 5.26 Å². The molecule has 0 saturated carbocycles. The predicted octanol–water partition coefficient (Wildman–Crippen LogP) is 4.15. The second kappa shape index (κ2) is 10.7. The Bertz CT molecular complexity index is 1150. The zero-order valence-electron chi connectivity index (χ0n) is 20.0. The van der Waals surface area contributed by atoms with Crippen LogP contribution in [0.1, 0.15) is 40.8 Å². The van der Waals surface area contributed by atoms with E-state index in [0.29, 0.717) is 25.1 Å². The second-order valence-electron chi connectivity index (χ2n) is 9.42. The fourth-order valence-corrected chi connectivity index (χ4v) is 4.91. The van der Waals surface area contributed by atoms with Crippen molar-refractivity contribution in [3.8, 4) is 6.07 Å². The fraction of sp³-hybridized carbons (Fsp3) is 0.393. The van der Waals surface area contributed by atoms with Crippen LogP contribution in [0.2, 0.25) is 0 Å². The number of carbonyl (C=O) groups excluding carboxylic acids is 1. The number of hydrogen-bond donors (Lipinski definition) is 0. The summed E-state index contributed by atoms with van der Waals surface area (Å²) in [6, 6.07) is 18.2. The molecule has 1 aromatic heterocycles. The van der Waals surface area contributed by atoms with Crippen LogP contribution in [0, 0.1) is 23.7 Å². The van der Waals surface area contributed by atoms with Crippen molar-refractivity contribution in [1.82, 2.24) is 14.5 Å². The van der Waals surface area contributed by atoms with Crippen molar-refractivity contribution in [2.75, 3.05) is 26.8 Å². The lowest BCUT2D eigenvalue weighted by Crippen LogP contribution is -2.46. The van der Waals surface area contributed by atoms with Gasteiger partial charge in [0.25, 0.3) is 0 Å². The van der Waals surface area contributed by atoms with Crippen LogP contribution in [-0.4, -0.2) is 47.2 Å². The number of nitriles is 1. The maximum atomic E-state index is 13.2. The third-order valence-corrected chi connectivity index (χ3v) is 7.02. The van der Waals surface area contributed by atoms with Crippen molar-refractivity contribution >= 4 is 5.91 Å². The summed E-state index contributed by atoms with van der Waals surface area (Å²) in [5.74, 6) is 0.142. The predicted molar refractivity (Wildman–Crippen MR) is 131 cm³/mol. The molecule has 0 unspecified atom stereocenters. The molecule has 1 amide bonds. The summed E-state index contributed by atoms with van der Waals surface area (Å²) in [7, 11) is 1.77. The van der Waals surface area contributed by atoms with Gasteiger partial charge in [0.2, 0.25) is 5.91 Å². The molecule has 1 fully saturated rings. The van der Waals surface area contributed by atoms with E-state index in [1.807, 2.05) is 33.7 Å². The number of ether oxygens (including phenoxy) is 1. The van der Waals surface area contributed by atoms with Gasteiger partial charge in [0.15, 0.2) is 0 Å². The fourth-order valence-electron chi connectivity index (χ4n) is 4.91. The zero-order chi connectivity index (χ0) is 24.0. The van der Waals surface area contributed by atoms with E-state index in [2.05, 4.69) is 42.2 Å². The number of nitrogens with zero attached hydrogens (tertiary/aromatic N) is 4. The molecule has 2 aromatic carbocycles. The van der Waals surface area contributed by atoms with E-state index in [9.17, 15) is 4.79 Å². The van der Waals surface area contributed by atoms with Crippen LogP contribution in [0.3, 0.4) is 0 Å². The molecular formula is C28H32N4O2. The summed E-state index contributed by atoms with van der Waals surface area (Å²) in [5.41, 5.74) is 5.36. The molecular weight excluding hydrogens is 424 g/mol. The van der Waals surface area contributed by atoms with Gasteiger partial charge in [-0.1, -0.05) is 36.4 Å². The molecule has 0 N–H and O–H groups in total. The Hall–Kier alpha value is -3.43. The molecule has 1 aliphatic heterocycles. The third kappa shape index (κ3) is 5.55. The number of aryl methyl sites for hydroxylation is 1. The van der Waals surface area contributed by atoms with E-state index < -0.39 is 0 Å². The minimum absolute atomic E-state index is 0.0645. The number of hydrogen-bond acceptors (Lipinski definition) is 4. The number of benzene rings is 2. The number of aromatic nitrogens is 2. The Morgan fingerprint density at radius 1 is 1.15 bits per heavy atom. The molecule has 0 radical (unpaired) electrons. The molecule has 0 bridgehead atoms. The van der Waals surface area contributed by atoms with Crippen LogP contribution in [0.5, 0.6) is 0 Å². The van der Waals surface area contributed by atoms with Crippen molar-refractivity contribution in [2.24, 2.45) is 5.41 Å². The van der Waals surface area contributed by atoms with E-state index >= 15 is 0 Å². The second-order valence-corrected chi connectivity index (χ2v) is 9.42. The maximum absolute atomic E-state index is 13.2. The van der Waals surface area contributed by atoms with E-state index in [1.165, 1.54) is 11.1 Å². The van der Waals surface area contributed by atoms with Crippen molar-refractivity contribution < 1.29 is 9.53 Å². The summed E-state index contributed by atoms with van der Waals surface area (Å²) in [6.45, 7) is 4.99. The maximum Gasteiger partial charge on any atom is 0.228 e. The minimum atomic E-state index is 0.0645. The summed E-state index contributed by atoms with van der Waals surface area (Å²) in [6.07, 6.45) is 6.73. The highest BCUT2D eigenvalue weighted by molar-refractivity contribution is 5.78. The Morgan fingerprint density at radius 3 is 2.56 bits per heavy atom. The number of imidazole rings is 1. The molecule has 2 heterocycles. The van der Waals surface area contributed by atoms with Gasteiger partial charge in [-0.3, -0.25) is 4.79 Å². The standard InChI is InChI=1S/C28H32N4O2/c1-22-5-3-4-6-25(22)16-28(20-34-2)11-13-31(14-12-28)27(33)15-26-18-30-21-32(26)19-24-9-7-23(17-29)8-10-24/h3-10,18,21H,11-16,19-20H2,1-2H3. The van der Waals surface area contributed by atoms with E-state index in [4.69, 9.17) is 10.00 Å². The highest BCUT2D eigenvalue weighted by Gasteiger charge is 2.36. The number of amides is 1. The van der Waals surface area contributed by atoms with Gasteiger partial charge in [0.1, 0.15) is 0 Å². The van der Waals surface area contributed by atoms with Crippen molar-refractivity contribution in [2.45, 2.75) is 39.2 Å². The molecule has 176 valence electrons. The summed E-state index contributed by atoms with van der Waals surface area (Å²) in [4.78, 5) is 19.4. The first-order chi connectivity index (χ1) is 16.5. The summed E-state index contributed by atoms with van der Waals surface area (Å²) in [5, 5.41) is 8.99. The van der Waals surface area contributed by atoms with Gasteiger partial charge in [-0.25, -0.2) is 4.98 Å². The average Bonchev–Trinajstić information content (AvgIpc) is 3.28. The van der Waals surface area contributed by atoms with Gasteiger partial charge >= 0.3 is 0 Å². The van der Waals surface area contributed by atoms with Gasteiger partial charge in [0.05, 0.1) is 31.0 Å². The van der Waals surface area contributed by atoms with Crippen LogP contribution >= 0.6 is 0 Å². The lowest BCUT2D eigenvalue weighted by Gasteiger charge is -2.42. The first kappa shape index (κ1) is 23.7. The lowest BCUT2D eigenvalue weighted by molar-refractivity contribution is -0.133. The van der Waals surface area contributed by atoms with Gasteiger partial charge in [-0.15, -0.1) is 0 Å². The first-order valence-electron chi connectivity index (χ1n) is 11.8. The van der Waals surface area contributed by atoms with Crippen molar-refractivity contribution in [3.05, 3.63) is 89.0 Å². The SMILES string of the molecule is COCC1(Cc2ccccc2C)CCN(C(=O)Cc2cncn2Cc2ccc(C#N)cc2)CC1. The summed E-state index contributed by atoms with van der Waals surface area (Å²) >= 11 is 0. The van der Waals surface area contributed by atoms with Gasteiger partial charge < -0.3 is 14.2 Å². The molecule has 3 aromatic rings. The molecule has 6 heteroatoms. The average molecular weight is 457 g/mol. The zero-order valence-corrected chi connectivity index (χ0v) is 20.0. The molecule has 0 atom stereocenters. The normalized spacial score (nSPS) is 15.1. The van der Waals surface area contributed by atoms with Gasteiger partial charge in [-0.05, 0) is 55.0 Å². The molecule has 6 nitrogen and oxygen atoms in total. The molecule has 1 aliphatic rings.